The maximum Gasteiger partial charge on any atom is 0.320 e. The maximum absolute atomic E-state index is 11.5. The van der Waals surface area contributed by atoms with Gasteiger partial charge in [-0.1, -0.05) is 6.07 Å². The van der Waals surface area contributed by atoms with Gasteiger partial charge < -0.3 is 20.5 Å². The lowest BCUT2D eigenvalue weighted by molar-refractivity contribution is -0.432. The zero-order chi connectivity index (χ0) is 14.9. The molecule has 1 heterocycles. The van der Waals surface area contributed by atoms with Crippen molar-refractivity contribution in [2.75, 3.05) is 7.11 Å². The summed E-state index contributed by atoms with van der Waals surface area (Å²) >= 11 is 0. The van der Waals surface area contributed by atoms with E-state index in [1.807, 2.05) is 0 Å². The molecule has 0 spiro atoms. The summed E-state index contributed by atoms with van der Waals surface area (Å²) < 4.78 is 4.96. The molecule has 0 saturated carbocycles. The summed E-state index contributed by atoms with van der Waals surface area (Å²) in [5, 5.41) is 25.5. The van der Waals surface area contributed by atoms with Crippen LogP contribution >= 0.6 is 0 Å². The number of allylic oxidation sites excluding steroid dienone is 1. The number of carbonyl (C=O) groups excluding carboxylic acids is 1. The zero-order valence-corrected chi connectivity index (χ0v) is 10.8. The number of rotatable bonds is 3. The van der Waals surface area contributed by atoms with E-state index in [0.717, 1.165) is 0 Å². The molecule has 0 bridgehead atoms. The number of hydrogen-bond acceptors (Lipinski definition) is 5. The summed E-state index contributed by atoms with van der Waals surface area (Å²) in [4.78, 5) is 22.1. The number of ether oxygens (including phenoxy) is 1. The molecule has 1 aromatic carbocycles. The molecule has 1 aliphatic heterocycles. The standard InChI is InChI=1S/C12H13N3O5/c1-6-11(15(18)19)10(14-12(17)13-6)7-3-4-8(16)9(5-7)20-2/h3-5,10,16H,1-2H3,(H2,13,14,17). The van der Waals surface area contributed by atoms with Crippen LogP contribution in [0.2, 0.25) is 0 Å². The summed E-state index contributed by atoms with van der Waals surface area (Å²) in [6.07, 6.45) is 0. The van der Waals surface area contributed by atoms with Crippen LogP contribution in [0.4, 0.5) is 4.79 Å². The lowest BCUT2D eigenvalue weighted by Crippen LogP contribution is -2.45. The molecule has 106 valence electrons. The van der Waals surface area contributed by atoms with Crippen LogP contribution in [0.15, 0.2) is 29.6 Å². The van der Waals surface area contributed by atoms with Crippen molar-refractivity contribution in [3.05, 3.63) is 45.3 Å². The van der Waals surface area contributed by atoms with Crippen molar-refractivity contribution in [3.8, 4) is 11.5 Å². The van der Waals surface area contributed by atoms with Crippen LogP contribution in [0, 0.1) is 10.1 Å². The highest BCUT2D eigenvalue weighted by molar-refractivity contribution is 5.78. The predicted molar refractivity (Wildman–Crippen MR) is 68.8 cm³/mol. The second kappa shape index (κ2) is 5.08. The highest BCUT2D eigenvalue weighted by Gasteiger charge is 2.35. The molecule has 1 atom stereocenters. The van der Waals surface area contributed by atoms with Gasteiger partial charge in [0.1, 0.15) is 6.04 Å². The van der Waals surface area contributed by atoms with Gasteiger partial charge in [0.2, 0.25) is 0 Å². The zero-order valence-electron chi connectivity index (χ0n) is 10.8. The fourth-order valence-corrected chi connectivity index (χ4v) is 2.04. The van der Waals surface area contributed by atoms with E-state index in [9.17, 15) is 20.0 Å². The topological polar surface area (TPSA) is 114 Å². The first-order valence-electron chi connectivity index (χ1n) is 5.73. The Morgan fingerprint density at radius 3 is 2.75 bits per heavy atom. The van der Waals surface area contributed by atoms with Gasteiger partial charge in [-0.2, -0.15) is 0 Å². The van der Waals surface area contributed by atoms with Crippen LogP contribution in [0.1, 0.15) is 18.5 Å². The summed E-state index contributed by atoms with van der Waals surface area (Å²) in [5.74, 6) is 0.0931. The Kier molecular flexibility index (Phi) is 3.47. The first-order chi connectivity index (χ1) is 9.43. The maximum atomic E-state index is 11.5. The molecular formula is C12H13N3O5. The number of methoxy groups -OCH3 is 1. The van der Waals surface area contributed by atoms with Crippen LogP contribution in [-0.4, -0.2) is 23.2 Å². The SMILES string of the molecule is COc1cc(C2NC(=O)NC(C)=C2[N+](=O)[O-])ccc1O. The number of nitro groups is 1. The van der Waals surface area contributed by atoms with Gasteiger partial charge in [0.25, 0.3) is 5.70 Å². The Bertz CT molecular complexity index is 611. The lowest BCUT2D eigenvalue weighted by Gasteiger charge is -2.23. The number of urea groups is 1. The minimum Gasteiger partial charge on any atom is -0.504 e. The molecule has 0 aromatic heterocycles. The van der Waals surface area contributed by atoms with Crippen molar-refractivity contribution in [2.24, 2.45) is 0 Å². The van der Waals surface area contributed by atoms with E-state index in [4.69, 9.17) is 4.74 Å². The van der Waals surface area contributed by atoms with Crippen molar-refractivity contribution >= 4 is 6.03 Å². The second-order valence-electron chi connectivity index (χ2n) is 4.23. The number of hydrogen-bond donors (Lipinski definition) is 3. The van der Waals surface area contributed by atoms with E-state index in [1.165, 1.54) is 32.2 Å². The van der Waals surface area contributed by atoms with Crippen LogP contribution in [-0.2, 0) is 0 Å². The van der Waals surface area contributed by atoms with Crippen LogP contribution in [0.25, 0.3) is 0 Å². The minimum absolute atomic E-state index is 0.0835. The number of phenols is 1. The second-order valence-corrected chi connectivity index (χ2v) is 4.23. The molecule has 1 aliphatic rings. The molecule has 8 heteroatoms. The molecule has 20 heavy (non-hydrogen) atoms. The van der Waals surface area contributed by atoms with Crippen LogP contribution < -0.4 is 15.4 Å². The molecule has 0 radical (unpaired) electrons. The first-order valence-corrected chi connectivity index (χ1v) is 5.73. The number of amides is 2. The number of nitrogens with one attached hydrogen (secondary N) is 2. The molecular weight excluding hydrogens is 266 g/mol. The van der Waals surface area contributed by atoms with Crippen molar-refractivity contribution < 1.29 is 19.6 Å². The molecule has 2 amide bonds. The molecule has 0 saturated heterocycles. The van der Waals surface area contributed by atoms with E-state index < -0.39 is 17.0 Å². The van der Waals surface area contributed by atoms with Crippen LogP contribution in [0.5, 0.6) is 11.5 Å². The highest BCUT2D eigenvalue weighted by Crippen LogP contribution is 2.33. The number of carbonyl (C=O) groups is 1. The smallest absolute Gasteiger partial charge is 0.320 e. The Labute approximate surface area is 114 Å². The third-order valence-corrected chi connectivity index (χ3v) is 2.97. The normalized spacial score (nSPS) is 18.3. The third kappa shape index (κ3) is 2.35. The molecule has 2 rings (SSSR count). The first kappa shape index (κ1) is 13.7. The van der Waals surface area contributed by atoms with E-state index >= 15 is 0 Å². The Balaban J connectivity index is 2.51. The Morgan fingerprint density at radius 2 is 2.15 bits per heavy atom. The molecule has 1 unspecified atom stereocenters. The highest BCUT2D eigenvalue weighted by atomic mass is 16.6. The van der Waals surface area contributed by atoms with Gasteiger partial charge in [0.15, 0.2) is 11.5 Å². The molecule has 1 aromatic rings. The van der Waals surface area contributed by atoms with Crippen LogP contribution in [0.3, 0.4) is 0 Å². The molecule has 8 nitrogen and oxygen atoms in total. The largest absolute Gasteiger partial charge is 0.504 e. The molecule has 0 aliphatic carbocycles. The van der Waals surface area contributed by atoms with Gasteiger partial charge in [0.05, 0.1) is 17.7 Å². The summed E-state index contributed by atoms with van der Waals surface area (Å²) in [6.45, 7) is 1.46. The van der Waals surface area contributed by atoms with E-state index in [0.29, 0.717) is 5.56 Å². The van der Waals surface area contributed by atoms with Gasteiger partial charge in [-0.25, -0.2) is 4.79 Å². The monoisotopic (exact) mass is 279 g/mol. The van der Waals surface area contributed by atoms with Crippen molar-refractivity contribution in [3.63, 3.8) is 0 Å². The quantitative estimate of drug-likeness (QED) is 0.569. The molecule has 3 N–H and O–H groups in total. The predicted octanol–water partition coefficient (Wildman–Crippen LogP) is 1.26. The van der Waals surface area contributed by atoms with Gasteiger partial charge >= 0.3 is 6.03 Å². The third-order valence-electron chi connectivity index (χ3n) is 2.97. The average Bonchev–Trinajstić information content (AvgIpc) is 2.37. The lowest BCUT2D eigenvalue weighted by atomic mass is 10.0. The number of aromatic hydroxyl groups is 1. The summed E-state index contributed by atoms with van der Waals surface area (Å²) in [5.41, 5.74) is 0.466. The van der Waals surface area contributed by atoms with Gasteiger partial charge in [-0.05, 0) is 24.6 Å². The Morgan fingerprint density at radius 1 is 1.45 bits per heavy atom. The van der Waals surface area contributed by atoms with Gasteiger partial charge in [-0.15, -0.1) is 0 Å². The fraction of sp³-hybridized carbons (Fsp3) is 0.250. The van der Waals surface area contributed by atoms with Crippen molar-refractivity contribution in [2.45, 2.75) is 13.0 Å². The Hall–Kier alpha value is -2.77. The fourth-order valence-electron chi connectivity index (χ4n) is 2.04. The number of nitrogens with zero attached hydrogens (tertiary/aromatic N) is 1. The summed E-state index contributed by atoms with van der Waals surface area (Å²) in [7, 11) is 1.37. The van der Waals surface area contributed by atoms with E-state index in [2.05, 4.69) is 10.6 Å². The van der Waals surface area contributed by atoms with Gasteiger partial charge in [-0.3, -0.25) is 10.1 Å². The van der Waals surface area contributed by atoms with Crippen molar-refractivity contribution in [1.29, 1.82) is 0 Å². The average molecular weight is 279 g/mol. The molecule has 0 fully saturated rings. The van der Waals surface area contributed by atoms with E-state index in [1.54, 1.807) is 0 Å². The minimum atomic E-state index is -0.909. The number of phenolic OH excluding ortho intramolecular Hbond substituents is 1. The summed E-state index contributed by atoms with van der Waals surface area (Å²) in [6, 6.07) is 2.86. The number of benzene rings is 1. The van der Waals surface area contributed by atoms with Crippen molar-refractivity contribution in [1.82, 2.24) is 10.6 Å². The van der Waals surface area contributed by atoms with E-state index in [-0.39, 0.29) is 22.9 Å². The van der Waals surface area contributed by atoms with Gasteiger partial charge in [0, 0.05) is 0 Å².